The van der Waals surface area contributed by atoms with Crippen LogP contribution in [-0.4, -0.2) is 48.9 Å². The van der Waals surface area contributed by atoms with Crippen molar-refractivity contribution in [2.24, 2.45) is 0 Å². The van der Waals surface area contributed by atoms with E-state index in [0.29, 0.717) is 11.3 Å². The van der Waals surface area contributed by atoms with Crippen LogP contribution in [0.25, 0.3) is 0 Å². The largest absolute Gasteiger partial charge is 0.495 e. The molecule has 0 fully saturated rings. The van der Waals surface area contributed by atoms with E-state index < -0.39 is 38.4 Å². The van der Waals surface area contributed by atoms with Crippen molar-refractivity contribution in [2.45, 2.75) is 24.8 Å². The zero-order chi connectivity index (χ0) is 22.7. The van der Waals surface area contributed by atoms with Gasteiger partial charge < -0.3 is 10.1 Å². The van der Waals surface area contributed by atoms with Gasteiger partial charge in [0.1, 0.15) is 12.3 Å². The molecule has 0 aromatic heterocycles. The predicted octanol–water partition coefficient (Wildman–Crippen LogP) is 2.05. The van der Waals surface area contributed by atoms with Crippen LogP contribution in [0.3, 0.4) is 0 Å². The lowest BCUT2D eigenvalue weighted by Gasteiger charge is -2.25. The SMILES string of the molecule is COc1ccc(C)cc1N(CC(=O)N[C@@H](C)c1ccc(S(C)(=O)=O)cc1)S(C)(=O)=O. The van der Waals surface area contributed by atoms with Crippen molar-refractivity contribution < 1.29 is 26.4 Å². The number of methoxy groups -OCH3 is 1. The second kappa shape index (κ2) is 9.05. The molecule has 2 aromatic rings. The molecule has 2 rings (SSSR count). The Kier molecular flexibility index (Phi) is 7.14. The minimum Gasteiger partial charge on any atom is -0.495 e. The summed E-state index contributed by atoms with van der Waals surface area (Å²) in [7, 11) is -5.65. The number of benzene rings is 2. The number of hydrogen-bond acceptors (Lipinski definition) is 6. The zero-order valence-corrected chi connectivity index (χ0v) is 19.2. The number of anilines is 1. The van der Waals surface area contributed by atoms with Gasteiger partial charge in [0.25, 0.3) is 0 Å². The van der Waals surface area contributed by atoms with Crippen LogP contribution in [0.2, 0.25) is 0 Å². The van der Waals surface area contributed by atoms with E-state index in [0.717, 1.165) is 22.4 Å². The van der Waals surface area contributed by atoms with Crippen LogP contribution in [0, 0.1) is 6.92 Å². The number of sulfone groups is 1. The van der Waals surface area contributed by atoms with Crippen LogP contribution in [0.4, 0.5) is 5.69 Å². The Balaban J connectivity index is 2.22. The van der Waals surface area contributed by atoms with E-state index in [1.807, 2.05) is 6.92 Å². The first kappa shape index (κ1) is 23.7. The average molecular weight is 455 g/mol. The third kappa shape index (κ3) is 5.96. The molecule has 8 nitrogen and oxygen atoms in total. The minimum atomic E-state index is -3.76. The summed E-state index contributed by atoms with van der Waals surface area (Å²) in [5, 5.41) is 2.74. The summed E-state index contributed by atoms with van der Waals surface area (Å²) < 4.78 is 54.1. The Hall–Kier alpha value is -2.59. The predicted molar refractivity (Wildman–Crippen MR) is 116 cm³/mol. The zero-order valence-electron chi connectivity index (χ0n) is 17.5. The lowest BCUT2D eigenvalue weighted by Crippen LogP contribution is -2.41. The fourth-order valence-electron chi connectivity index (χ4n) is 2.88. The second-order valence-corrected chi connectivity index (χ2v) is 11.0. The Morgan fingerprint density at radius 1 is 1.07 bits per heavy atom. The molecule has 0 aliphatic heterocycles. The number of sulfonamides is 1. The number of hydrogen-bond donors (Lipinski definition) is 1. The molecule has 0 saturated carbocycles. The number of carbonyl (C=O) groups is 1. The van der Waals surface area contributed by atoms with Crippen molar-refractivity contribution in [1.29, 1.82) is 0 Å². The van der Waals surface area contributed by atoms with E-state index in [-0.39, 0.29) is 10.6 Å². The molecule has 0 saturated heterocycles. The van der Waals surface area contributed by atoms with Crippen LogP contribution in [0.1, 0.15) is 24.1 Å². The normalized spacial score (nSPS) is 12.8. The van der Waals surface area contributed by atoms with Crippen molar-refractivity contribution in [3.8, 4) is 5.75 Å². The van der Waals surface area contributed by atoms with Crippen molar-refractivity contribution in [2.75, 3.05) is 30.5 Å². The summed E-state index contributed by atoms with van der Waals surface area (Å²) in [5.41, 5.74) is 1.79. The van der Waals surface area contributed by atoms with Gasteiger partial charge in [0.2, 0.25) is 15.9 Å². The summed E-state index contributed by atoms with van der Waals surface area (Å²) >= 11 is 0. The van der Waals surface area contributed by atoms with Gasteiger partial charge >= 0.3 is 0 Å². The van der Waals surface area contributed by atoms with E-state index in [1.54, 1.807) is 37.3 Å². The minimum absolute atomic E-state index is 0.180. The van der Waals surface area contributed by atoms with E-state index in [1.165, 1.54) is 19.2 Å². The Morgan fingerprint density at radius 2 is 1.67 bits per heavy atom. The molecule has 1 amide bonds. The van der Waals surface area contributed by atoms with Gasteiger partial charge in [-0.1, -0.05) is 18.2 Å². The third-order valence-corrected chi connectivity index (χ3v) is 6.73. The molecule has 164 valence electrons. The number of aryl methyl sites for hydroxylation is 1. The summed E-state index contributed by atoms with van der Waals surface area (Å²) in [6.45, 7) is 3.11. The number of rotatable bonds is 8. The molecule has 30 heavy (non-hydrogen) atoms. The van der Waals surface area contributed by atoms with Crippen molar-refractivity contribution in [3.63, 3.8) is 0 Å². The highest BCUT2D eigenvalue weighted by atomic mass is 32.2. The fourth-order valence-corrected chi connectivity index (χ4v) is 4.36. The molecule has 1 N–H and O–H groups in total. The van der Waals surface area contributed by atoms with Crippen molar-refractivity contribution >= 4 is 31.5 Å². The van der Waals surface area contributed by atoms with Crippen LogP contribution in [-0.2, 0) is 24.7 Å². The van der Waals surface area contributed by atoms with Gasteiger partial charge in [-0.25, -0.2) is 16.8 Å². The highest BCUT2D eigenvalue weighted by Crippen LogP contribution is 2.31. The Labute approximate surface area is 177 Å². The van der Waals surface area contributed by atoms with Crippen molar-refractivity contribution in [1.82, 2.24) is 5.32 Å². The quantitative estimate of drug-likeness (QED) is 0.654. The topological polar surface area (TPSA) is 110 Å². The van der Waals surface area contributed by atoms with E-state index in [9.17, 15) is 21.6 Å². The standard InChI is InChI=1S/C20H26N2O6S2/c1-14-6-11-19(28-3)18(12-14)22(30(5,26)27)13-20(23)21-15(2)16-7-9-17(10-8-16)29(4,24)25/h6-12,15H,13H2,1-5H3,(H,21,23)/t15-/m0/s1. The van der Waals surface area contributed by atoms with Crippen molar-refractivity contribution in [3.05, 3.63) is 53.6 Å². The molecule has 10 heteroatoms. The van der Waals surface area contributed by atoms with Gasteiger partial charge in [0.15, 0.2) is 9.84 Å². The monoisotopic (exact) mass is 454 g/mol. The first-order valence-electron chi connectivity index (χ1n) is 9.04. The molecule has 0 spiro atoms. The van der Waals surface area contributed by atoms with Crippen LogP contribution in [0.5, 0.6) is 5.75 Å². The van der Waals surface area contributed by atoms with Crippen LogP contribution in [0.15, 0.2) is 47.4 Å². The van der Waals surface area contributed by atoms with Gasteiger partial charge in [-0.05, 0) is 49.2 Å². The first-order chi connectivity index (χ1) is 13.8. The maximum atomic E-state index is 12.6. The molecule has 0 bridgehead atoms. The maximum Gasteiger partial charge on any atom is 0.241 e. The van der Waals surface area contributed by atoms with E-state index in [4.69, 9.17) is 4.74 Å². The summed E-state index contributed by atoms with van der Waals surface area (Å²) in [6.07, 6.45) is 2.14. The summed E-state index contributed by atoms with van der Waals surface area (Å²) in [5.74, 6) is -0.174. The first-order valence-corrected chi connectivity index (χ1v) is 12.8. The third-order valence-electron chi connectivity index (χ3n) is 4.48. The molecule has 0 heterocycles. The molecule has 0 unspecified atom stereocenters. The van der Waals surface area contributed by atoms with Gasteiger partial charge in [-0.15, -0.1) is 0 Å². The molecular weight excluding hydrogens is 428 g/mol. The molecule has 2 aromatic carbocycles. The number of nitrogens with one attached hydrogen (secondary N) is 1. The van der Waals surface area contributed by atoms with Crippen LogP contribution >= 0.6 is 0 Å². The Morgan fingerprint density at radius 3 is 2.17 bits per heavy atom. The molecule has 0 aliphatic carbocycles. The number of amides is 1. The maximum absolute atomic E-state index is 12.6. The highest BCUT2D eigenvalue weighted by molar-refractivity contribution is 7.92. The van der Waals surface area contributed by atoms with Crippen LogP contribution < -0.4 is 14.4 Å². The lowest BCUT2D eigenvalue weighted by molar-refractivity contribution is -0.120. The number of ether oxygens (including phenoxy) is 1. The lowest BCUT2D eigenvalue weighted by atomic mass is 10.1. The number of nitrogens with zero attached hydrogens (tertiary/aromatic N) is 1. The smallest absolute Gasteiger partial charge is 0.241 e. The number of carbonyl (C=O) groups excluding carboxylic acids is 1. The second-order valence-electron chi connectivity index (χ2n) is 7.08. The van der Waals surface area contributed by atoms with Gasteiger partial charge in [0, 0.05) is 6.26 Å². The summed E-state index contributed by atoms with van der Waals surface area (Å²) in [4.78, 5) is 12.8. The summed E-state index contributed by atoms with van der Waals surface area (Å²) in [6, 6.07) is 10.8. The van der Waals surface area contributed by atoms with E-state index in [2.05, 4.69) is 5.32 Å². The molecular formula is C20H26N2O6S2. The average Bonchev–Trinajstić information content (AvgIpc) is 2.64. The molecule has 0 radical (unpaired) electrons. The Bertz CT molecular complexity index is 1130. The van der Waals surface area contributed by atoms with Gasteiger partial charge in [0.05, 0.1) is 30.0 Å². The highest BCUT2D eigenvalue weighted by Gasteiger charge is 2.25. The fraction of sp³-hybridized carbons (Fsp3) is 0.350. The molecule has 0 aliphatic rings. The molecule has 1 atom stereocenters. The van der Waals surface area contributed by atoms with Gasteiger partial charge in [-0.3, -0.25) is 9.10 Å². The van der Waals surface area contributed by atoms with E-state index >= 15 is 0 Å². The van der Waals surface area contributed by atoms with Gasteiger partial charge in [-0.2, -0.15) is 0 Å².